The molecule has 2 aromatic rings. The zero-order valence-corrected chi connectivity index (χ0v) is 23.3. The van der Waals surface area contributed by atoms with Crippen LogP contribution in [-0.4, -0.2) is 39.7 Å². The third-order valence-corrected chi connectivity index (χ3v) is 6.79. The molecule has 1 aliphatic rings. The van der Waals surface area contributed by atoms with Gasteiger partial charge in [-0.3, -0.25) is 0 Å². The highest BCUT2D eigenvalue weighted by Crippen LogP contribution is 2.36. The van der Waals surface area contributed by atoms with Crippen molar-refractivity contribution in [2.24, 2.45) is 11.3 Å². The van der Waals surface area contributed by atoms with Crippen molar-refractivity contribution in [1.29, 1.82) is 0 Å². The molecular formula is C30H49N3O2. The lowest BCUT2D eigenvalue weighted by molar-refractivity contribution is 0.0171. The van der Waals surface area contributed by atoms with Gasteiger partial charge in [0.15, 0.2) is 0 Å². The van der Waals surface area contributed by atoms with Crippen molar-refractivity contribution in [3.8, 4) is 0 Å². The lowest BCUT2D eigenvalue weighted by atomic mass is 9.76. The first-order valence-corrected chi connectivity index (χ1v) is 13.6. The van der Waals surface area contributed by atoms with Crippen LogP contribution < -0.4 is 0 Å². The van der Waals surface area contributed by atoms with E-state index in [1.165, 1.54) is 29.7 Å². The average molecular weight is 484 g/mol. The van der Waals surface area contributed by atoms with Gasteiger partial charge in [-0.1, -0.05) is 71.4 Å². The molecule has 0 spiro atoms. The van der Waals surface area contributed by atoms with Crippen LogP contribution in [0.25, 0.3) is 0 Å². The summed E-state index contributed by atoms with van der Waals surface area (Å²) in [6.07, 6.45) is 11.4. The van der Waals surface area contributed by atoms with Crippen molar-refractivity contribution in [2.75, 3.05) is 13.1 Å². The molecule has 1 unspecified atom stereocenters. The molecule has 196 valence electrons. The van der Waals surface area contributed by atoms with Crippen LogP contribution in [0.3, 0.4) is 0 Å². The van der Waals surface area contributed by atoms with E-state index < -0.39 is 0 Å². The van der Waals surface area contributed by atoms with Gasteiger partial charge in [-0.2, -0.15) is 0 Å². The normalized spacial score (nSPS) is 17.0. The highest BCUT2D eigenvalue weighted by Gasteiger charge is 2.31. The maximum Gasteiger partial charge on any atom is 0.410 e. The lowest BCUT2D eigenvalue weighted by Gasteiger charge is -2.35. The van der Waals surface area contributed by atoms with E-state index in [0.717, 1.165) is 51.7 Å². The van der Waals surface area contributed by atoms with Crippen molar-refractivity contribution >= 4 is 6.09 Å². The highest BCUT2D eigenvalue weighted by molar-refractivity contribution is 5.67. The van der Waals surface area contributed by atoms with Gasteiger partial charge in [0.25, 0.3) is 0 Å². The van der Waals surface area contributed by atoms with Crippen molar-refractivity contribution in [3.63, 3.8) is 0 Å². The van der Waals surface area contributed by atoms with E-state index in [1.807, 2.05) is 17.4 Å². The summed E-state index contributed by atoms with van der Waals surface area (Å²) in [7, 11) is 0. The highest BCUT2D eigenvalue weighted by atomic mass is 16.6. The van der Waals surface area contributed by atoms with Gasteiger partial charge in [0.1, 0.15) is 6.10 Å². The number of hydrogen-bond acceptors (Lipinski definition) is 3. The fourth-order valence-corrected chi connectivity index (χ4v) is 4.60. The molecule has 35 heavy (non-hydrogen) atoms. The Kier molecular flexibility index (Phi) is 11.8. The van der Waals surface area contributed by atoms with Gasteiger partial charge in [0.2, 0.25) is 0 Å². The summed E-state index contributed by atoms with van der Waals surface area (Å²) in [5.41, 5.74) is 4.24. The van der Waals surface area contributed by atoms with Crippen LogP contribution in [0.2, 0.25) is 0 Å². The summed E-state index contributed by atoms with van der Waals surface area (Å²) in [5, 5.41) is 0. The fraction of sp³-hybridized carbons (Fsp3) is 0.667. The van der Waals surface area contributed by atoms with Crippen LogP contribution >= 0.6 is 0 Å². The molecule has 3 rings (SSSR count). The monoisotopic (exact) mass is 483 g/mol. The Morgan fingerprint density at radius 2 is 1.91 bits per heavy atom. The van der Waals surface area contributed by atoms with Crippen LogP contribution in [0.1, 0.15) is 96.9 Å². The van der Waals surface area contributed by atoms with Gasteiger partial charge < -0.3 is 14.2 Å². The number of ether oxygens (including phenoxy) is 1. The fourth-order valence-electron chi connectivity index (χ4n) is 4.60. The Hall–Kier alpha value is -2.30. The van der Waals surface area contributed by atoms with Crippen molar-refractivity contribution < 1.29 is 9.53 Å². The zero-order chi connectivity index (χ0) is 25.8. The second kappa shape index (κ2) is 14.3. The molecular weight excluding hydrogens is 434 g/mol. The van der Waals surface area contributed by atoms with E-state index >= 15 is 0 Å². The van der Waals surface area contributed by atoms with Crippen LogP contribution in [-0.2, 0) is 17.7 Å². The topological polar surface area (TPSA) is 47.4 Å². The van der Waals surface area contributed by atoms with Gasteiger partial charge in [-0.15, -0.1) is 0 Å². The van der Waals surface area contributed by atoms with Crippen molar-refractivity contribution in [2.45, 2.75) is 106 Å². The molecule has 1 aromatic carbocycles. The average Bonchev–Trinajstić information content (AvgIpc) is 3.25. The Bertz CT molecular complexity index is 870. The molecule has 0 bridgehead atoms. The molecule has 1 heterocycles. The number of aromatic nitrogens is 2. The number of rotatable bonds is 9. The number of hydrogen-bond donors (Lipinski definition) is 0. The second-order valence-corrected chi connectivity index (χ2v) is 11.3. The van der Waals surface area contributed by atoms with Gasteiger partial charge >= 0.3 is 6.09 Å². The van der Waals surface area contributed by atoms with Crippen LogP contribution in [0.4, 0.5) is 4.79 Å². The molecule has 0 saturated heterocycles. The minimum atomic E-state index is -0.102. The molecule has 1 atom stereocenters. The molecule has 0 N–H and O–H groups in total. The molecule has 1 aromatic heterocycles. The maximum absolute atomic E-state index is 12.3. The van der Waals surface area contributed by atoms with Gasteiger partial charge in [0, 0.05) is 31.5 Å². The van der Waals surface area contributed by atoms with Gasteiger partial charge in [-0.25, -0.2) is 9.78 Å². The number of imidazole rings is 1. The van der Waals surface area contributed by atoms with Crippen LogP contribution in [0.15, 0.2) is 36.8 Å². The molecule has 0 aliphatic heterocycles. The second-order valence-electron chi connectivity index (χ2n) is 11.3. The Labute approximate surface area is 214 Å². The number of carbonyl (C=O) groups is 1. The van der Waals surface area contributed by atoms with Crippen molar-refractivity contribution in [1.82, 2.24) is 14.5 Å². The molecule has 1 saturated carbocycles. The number of amides is 1. The number of benzene rings is 1. The first-order chi connectivity index (χ1) is 16.6. The summed E-state index contributed by atoms with van der Waals surface area (Å²) in [6.45, 7) is 17.9. The molecule has 5 heteroatoms. The predicted molar refractivity (Wildman–Crippen MR) is 146 cm³/mol. The molecule has 5 nitrogen and oxygen atoms in total. The summed E-state index contributed by atoms with van der Waals surface area (Å²) in [4.78, 5) is 18.4. The van der Waals surface area contributed by atoms with Crippen LogP contribution in [0.5, 0.6) is 0 Å². The largest absolute Gasteiger partial charge is 0.446 e. The van der Waals surface area contributed by atoms with E-state index in [0.29, 0.717) is 11.3 Å². The number of aryl methyl sites for hydroxylation is 2. The minimum Gasteiger partial charge on any atom is -0.446 e. The minimum absolute atomic E-state index is 0.102. The lowest BCUT2D eigenvalue weighted by Crippen LogP contribution is -2.38. The van der Waals surface area contributed by atoms with E-state index in [-0.39, 0.29) is 12.2 Å². The first-order valence-electron chi connectivity index (χ1n) is 13.6. The predicted octanol–water partition coefficient (Wildman–Crippen LogP) is 7.65. The van der Waals surface area contributed by atoms with E-state index in [9.17, 15) is 4.79 Å². The molecule has 0 radical (unpaired) electrons. The smallest absolute Gasteiger partial charge is 0.410 e. The van der Waals surface area contributed by atoms with E-state index in [2.05, 4.69) is 82.3 Å². The molecule has 1 amide bonds. The Balaban J connectivity index is 0.000000256. The van der Waals surface area contributed by atoms with Gasteiger partial charge in [0.05, 0.1) is 6.33 Å². The third-order valence-electron chi connectivity index (χ3n) is 6.79. The third kappa shape index (κ3) is 10.5. The Morgan fingerprint density at radius 1 is 1.20 bits per heavy atom. The van der Waals surface area contributed by atoms with E-state index in [4.69, 9.17) is 4.74 Å². The quantitative estimate of drug-likeness (QED) is 0.368. The van der Waals surface area contributed by atoms with Crippen LogP contribution in [0, 0.1) is 18.3 Å². The summed E-state index contributed by atoms with van der Waals surface area (Å²) < 4.78 is 7.96. The van der Waals surface area contributed by atoms with Crippen molar-refractivity contribution in [3.05, 3.63) is 53.6 Å². The maximum atomic E-state index is 12.3. The number of nitrogens with zero attached hydrogens (tertiary/aromatic N) is 3. The standard InChI is InChI=1S/C17H33NO2.C13H16N2/c1-6-11-18(12-9-14(2)3)16(19)20-15-8-7-10-17(4,5)13-15;1-3-13-8-14-10-15(13)9-12-6-4-11(2)5-7-12/h14-15H,6-13H2,1-5H3;4-8,10H,3,9H2,1-2H3. The summed E-state index contributed by atoms with van der Waals surface area (Å²) in [5.74, 6) is 0.621. The first kappa shape index (κ1) is 28.9. The van der Waals surface area contributed by atoms with Gasteiger partial charge in [-0.05, 0) is 68.8 Å². The van der Waals surface area contributed by atoms with E-state index in [1.54, 1.807) is 0 Å². The Morgan fingerprint density at radius 3 is 2.51 bits per heavy atom. The number of carbonyl (C=O) groups excluding carboxylic acids is 1. The SMILES string of the molecule is CCCN(CCC(C)C)C(=O)OC1CCCC(C)(C)C1.CCc1cncn1Cc1ccc(C)cc1. The molecule has 1 fully saturated rings. The molecule has 1 aliphatic carbocycles. The zero-order valence-electron chi connectivity index (χ0n) is 23.3. The summed E-state index contributed by atoms with van der Waals surface area (Å²) >= 11 is 0. The summed E-state index contributed by atoms with van der Waals surface area (Å²) in [6, 6.07) is 8.65.